The van der Waals surface area contributed by atoms with Gasteiger partial charge >= 0.3 is 0 Å². The molecular weight excluding hydrogens is 338 g/mol. The summed E-state index contributed by atoms with van der Waals surface area (Å²) in [5.41, 5.74) is 4.33. The summed E-state index contributed by atoms with van der Waals surface area (Å²) in [6.45, 7) is 0. The maximum atomic E-state index is 6.33. The van der Waals surface area contributed by atoms with Crippen molar-refractivity contribution in [1.29, 1.82) is 0 Å². The van der Waals surface area contributed by atoms with E-state index in [0.29, 0.717) is 0 Å². The highest BCUT2D eigenvalue weighted by molar-refractivity contribution is 6.02. The van der Waals surface area contributed by atoms with E-state index >= 15 is 0 Å². The molecule has 2 atom stereocenters. The van der Waals surface area contributed by atoms with Crippen LogP contribution < -0.4 is 9.47 Å². The van der Waals surface area contributed by atoms with Crippen LogP contribution in [0.15, 0.2) is 78.2 Å². The Kier molecular flexibility index (Phi) is 3.78. The van der Waals surface area contributed by atoms with Gasteiger partial charge in [0.15, 0.2) is 0 Å². The van der Waals surface area contributed by atoms with E-state index in [1.54, 1.807) is 19.5 Å². The van der Waals surface area contributed by atoms with Crippen molar-refractivity contribution < 1.29 is 9.47 Å². The fraction of sp³-hybridized carbons (Fsp3) is 0.182. The maximum Gasteiger partial charge on any atom is 0.213 e. The summed E-state index contributed by atoms with van der Waals surface area (Å²) < 4.78 is 11.7. The van der Waals surface area contributed by atoms with E-state index in [-0.39, 0.29) is 12.3 Å². The van der Waals surface area contributed by atoms with E-state index in [4.69, 9.17) is 14.6 Å². The molecule has 0 amide bonds. The van der Waals surface area contributed by atoms with Crippen molar-refractivity contribution in [1.82, 2.24) is 9.99 Å². The highest BCUT2D eigenvalue weighted by Crippen LogP contribution is 2.47. The Balaban J connectivity index is 1.59. The van der Waals surface area contributed by atoms with Crippen molar-refractivity contribution in [3.8, 4) is 11.5 Å². The van der Waals surface area contributed by atoms with Crippen LogP contribution in [0.4, 0.5) is 0 Å². The first kappa shape index (κ1) is 15.9. The number of aromatic nitrogens is 1. The topological polar surface area (TPSA) is 47.0 Å². The molecule has 27 heavy (non-hydrogen) atoms. The summed E-state index contributed by atoms with van der Waals surface area (Å²) in [4.78, 5) is 4.13. The number of benzene rings is 2. The highest BCUT2D eigenvalue weighted by atomic mass is 16.5. The minimum Gasteiger partial charge on any atom is -0.497 e. The van der Waals surface area contributed by atoms with Gasteiger partial charge in [0.2, 0.25) is 6.23 Å². The van der Waals surface area contributed by atoms with Crippen molar-refractivity contribution in [3.63, 3.8) is 0 Å². The van der Waals surface area contributed by atoms with Gasteiger partial charge < -0.3 is 9.47 Å². The third kappa shape index (κ3) is 2.72. The van der Waals surface area contributed by atoms with Gasteiger partial charge in [-0.15, -0.1) is 0 Å². The molecule has 0 saturated carbocycles. The lowest BCUT2D eigenvalue weighted by molar-refractivity contribution is -0.0190. The molecule has 2 unspecified atom stereocenters. The number of hydrogen-bond acceptors (Lipinski definition) is 5. The summed E-state index contributed by atoms with van der Waals surface area (Å²) in [5, 5.41) is 7.04. The van der Waals surface area contributed by atoms with Gasteiger partial charge in [-0.3, -0.25) is 4.98 Å². The first-order valence-corrected chi connectivity index (χ1v) is 8.99. The average Bonchev–Trinajstić information content (AvgIpc) is 3.19. The van der Waals surface area contributed by atoms with Crippen LogP contribution in [-0.2, 0) is 0 Å². The Bertz CT molecular complexity index is 1000. The van der Waals surface area contributed by atoms with Gasteiger partial charge in [0.25, 0.3) is 0 Å². The summed E-state index contributed by atoms with van der Waals surface area (Å²) in [7, 11) is 1.68. The van der Waals surface area contributed by atoms with Gasteiger partial charge in [-0.25, -0.2) is 5.01 Å². The van der Waals surface area contributed by atoms with Crippen molar-refractivity contribution >= 4 is 5.71 Å². The van der Waals surface area contributed by atoms with E-state index in [0.717, 1.165) is 34.8 Å². The maximum absolute atomic E-state index is 6.33. The number of hydrazone groups is 1. The van der Waals surface area contributed by atoms with Gasteiger partial charge in [-0.1, -0.05) is 30.3 Å². The second kappa shape index (κ2) is 6.43. The summed E-state index contributed by atoms with van der Waals surface area (Å²) in [6, 6.07) is 20.4. The lowest BCUT2D eigenvalue weighted by atomic mass is 9.96. The standard InChI is InChI=1S/C22H19N3O2/c1-26-17-6-4-5-16(13-17)19-14-20-18-7-2-3-8-21(18)27-22(25(20)24-19)15-9-11-23-12-10-15/h2-13,20,22H,14H2,1H3. The van der Waals surface area contributed by atoms with Crippen molar-refractivity contribution in [3.05, 3.63) is 89.7 Å². The molecule has 2 aliphatic rings. The van der Waals surface area contributed by atoms with Crippen molar-refractivity contribution in [2.75, 3.05) is 7.11 Å². The Morgan fingerprint density at radius 1 is 1.04 bits per heavy atom. The third-order valence-corrected chi connectivity index (χ3v) is 5.09. The number of hydrogen-bond donors (Lipinski definition) is 0. The first-order valence-electron chi connectivity index (χ1n) is 8.99. The van der Waals surface area contributed by atoms with Crippen LogP contribution in [-0.4, -0.2) is 22.8 Å². The molecule has 0 bridgehead atoms. The third-order valence-electron chi connectivity index (χ3n) is 5.09. The molecule has 1 aromatic heterocycles. The van der Waals surface area contributed by atoms with E-state index in [1.807, 2.05) is 42.5 Å². The van der Waals surface area contributed by atoms with Gasteiger partial charge in [0.1, 0.15) is 11.5 Å². The minimum absolute atomic E-state index is 0.148. The van der Waals surface area contributed by atoms with Crippen LogP contribution in [0.25, 0.3) is 0 Å². The Morgan fingerprint density at radius 2 is 1.89 bits per heavy atom. The van der Waals surface area contributed by atoms with Gasteiger partial charge in [0.05, 0.1) is 18.9 Å². The minimum atomic E-state index is -0.268. The van der Waals surface area contributed by atoms with E-state index in [1.165, 1.54) is 5.56 Å². The lowest BCUT2D eigenvalue weighted by Gasteiger charge is -2.38. The molecule has 3 heterocycles. The molecule has 0 saturated heterocycles. The summed E-state index contributed by atoms with van der Waals surface area (Å²) >= 11 is 0. The molecule has 0 N–H and O–H groups in total. The lowest BCUT2D eigenvalue weighted by Crippen LogP contribution is -2.33. The fourth-order valence-electron chi connectivity index (χ4n) is 3.76. The Hall–Kier alpha value is -3.34. The number of para-hydroxylation sites is 1. The quantitative estimate of drug-likeness (QED) is 0.700. The van der Waals surface area contributed by atoms with E-state index < -0.39 is 0 Å². The molecule has 5 rings (SSSR count). The molecule has 2 aromatic carbocycles. The second-order valence-corrected chi connectivity index (χ2v) is 6.67. The van der Waals surface area contributed by atoms with E-state index in [2.05, 4.69) is 28.2 Å². The number of fused-ring (bicyclic) bond motifs is 3. The van der Waals surface area contributed by atoms with Crippen LogP contribution in [0.1, 0.15) is 35.4 Å². The average molecular weight is 357 g/mol. The number of ether oxygens (including phenoxy) is 2. The molecule has 0 radical (unpaired) electrons. The Morgan fingerprint density at radius 3 is 2.74 bits per heavy atom. The highest BCUT2D eigenvalue weighted by Gasteiger charge is 2.40. The van der Waals surface area contributed by atoms with Crippen LogP contribution in [0.2, 0.25) is 0 Å². The van der Waals surface area contributed by atoms with Crippen LogP contribution >= 0.6 is 0 Å². The zero-order chi connectivity index (χ0) is 18.2. The molecule has 0 fully saturated rings. The molecular formula is C22H19N3O2. The summed E-state index contributed by atoms with van der Waals surface area (Å²) in [5.74, 6) is 1.75. The van der Waals surface area contributed by atoms with Crippen molar-refractivity contribution in [2.45, 2.75) is 18.7 Å². The summed E-state index contributed by atoms with van der Waals surface area (Å²) in [6.07, 6.45) is 4.14. The first-order chi connectivity index (χ1) is 13.3. The molecule has 2 aliphatic heterocycles. The normalized spacial score (nSPS) is 20.3. The van der Waals surface area contributed by atoms with Gasteiger partial charge in [0, 0.05) is 35.5 Å². The second-order valence-electron chi connectivity index (χ2n) is 6.67. The fourth-order valence-corrected chi connectivity index (χ4v) is 3.76. The number of methoxy groups -OCH3 is 1. The van der Waals surface area contributed by atoms with Gasteiger partial charge in [-0.2, -0.15) is 5.10 Å². The molecule has 5 nitrogen and oxygen atoms in total. The molecule has 0 aliphatic carbocycles. The zero-order valence-electron chi connectivity index (χ0n) is 14.9. The zero-order valence-corrected chi connectivity index (χ0v) is 14.9. The smallest absolute Gasteiger partial charge is 0.213 e. The number of pyridine rings is 1. The largest absolute Gasteiger partial charge is 0.497 e. The monoisotopic (exact) mass is 357 g/mol. The molecule has 5 heteroatoms. The van der Waals surface area contributed by atoms with Crippen LogP contribution in [0.3, 0.4) is 0 Å². The predicted octanol–water partition coefficient (Wildman–Crippen LogP) is 4.33. The van der Waals surface area contributed by atoms with Crippen LogP contribution in [0.5, 0.6) is 11.5 Å². The Labute approximate surface area is 157 Å². The predicted molar refractivity (Wildman–Crippen MR) is 103 cm³/mol. The van der Waals surface area contributed by atoms with Crippen molar-refractivity contribution in [2.24, 2.45) is 5.10 Å². The SMILES string of the molecule is COc1cccc(C2=NN3C(C2)c2ccccc2OC3c2ccncc2)c1. The number of rotatable bonds is 3. The molecule has 3 aromatic rings. The number of nitrogens with zero attached hydrogens (tertiary/aromatic N) is 3. The van der Waals surface area contributed by atoms with Gasteiger partial charge in [-0.05, 0) is 30.3 Å². The molecule has 0 spiro atoms. The molecule has 134 valence electrons. The van der Waals surface area contributed by atoms with E-state index in [9.17, 15) is 0 Å². The van der Waals surface area contributed by atoms with Crippen LogP contribution in [0, 0.1) is 0 Å².